The minimum atomic E-state index is -3.91. The average molecular weight is 476 g/mol. The number of thiazole rings is 1. The van der Waals surface area contributed by atoms with Crippen LogP contribution in [0, 0.1) is 5.82 Å². The van der Waals surface area contributed by atoms with E-state index in [1.54, 1.807) is 5.38 Å². The van der Waals surface area contributed by atoms with Gasteiger partial charge in [-0.15, -0.1) is 11.3 Å². The fourth-order valence-electron chi connectivity index (χ4n) is 3.01. The SMILES string of the molecule is O=C(Cc1csc(N2CCNC2=O)n1)Nc1ccc(S(=O)(=O)Nc2cccc(F)c2)cc1. The van der Waals surface area contributed by atoms with Gasteiger partial charge in [0.05, 0.1) is 22.7 Å². The van der Waals surface area contributed by atoms with E-state index in [1.165, 1.54) is 58.7 Å². The quantitative estimate of drug-likeness (QED) is 0.485. The van der Waals surface area contributed by atoms with Crippen molar-refractivity contribution >= 4 is 49.8 Å². The number of rotatable bonds is 7. The first-order chi connectivity index (χ1) is 15.3. The molecule has 0 spiro atoms. The van der Waals surface area contributed by atoms with E-state index < -0.39 is 15.8 Å². The lowest BCUT2D eigenvalue weighted by Crippen LogP contribution is -2.27. The van der Waals surface area contributed by atoms with Crippen molar-refractivity contribution < 1.29 is 22.4 Å². The van der Waals surface area contributed by atoms with Crippen LogP contribution in [0.1, 0.15) is 5.69 Å². The summed E-state index contributed by atoms with van der Waals surface area (Å²) in [5.41, 5.74) is 1.05. The highest BCUT2D eigenvalue weighted by atomic mass is 32.2. The highest BCUT2D eigenvalue weighted by molar-refractivity contribution is 7.92. The molecule has 3 aromatic rings. The molecule has 0 atom stereocenters. The normalized spacial score (nSPS) is 13.7. The van der Waals surface area contributed by atoms with Crippen LogP contribution >= 0.6 is 11.3 Å². The first-order valence-electron chi connectivity index (χ1n) is 9.48. The minimum Gasteiger partial charge on any atom is -0.336 e. The molecule has 2 heterocycles. The molecule has 1 aromatic heterocycles. The second kappa shape index (κ2) is 8.93. The number of halogens is 1. The predicted octanol–water partition coefficient (Wildman–Crippen LogP) is 2.79. The summed E-state index contributed by atoms with van der Waals surface area (Å²) >= 11 is 1.28. The zero-order valence-electron chi connectivity index (χ0n) is 16.5. The lowest BCUT2D eigenvalue weighted by Gasteiger charge is -2.10. The molecule has 0 unspecified atom stereocenters. The molecular formula is C20H18FN5O4S2. The third-order valence-electron chi connectivity index (χ3n) is 4.49. The summed E-state index contributed by atoms with van der Waals surface area (Å²) in [5.74, 6) is -0.889. The fraction of sp³-hybridized carbons (Fsp3) is 0.150. The Balaban J connectivity index is 1.36. The lowest BCUT2D eigenvalue weighted by molar-refractivity contribution is -0.115. The van der Waals surface area contributed by atoms with Gasteiger partial charge < -0.3 is 10.6 Å². The molecule has 32 heavy (non-hydrogen) atoms. The zero-order valence-corrected chi connectivity index (χ0v) is 18.2. The van der Waals surface area contributed by atoms with Gasteiger partial charge in [0, 0.05) is 24.2 Å². The molecule has 0 saturated carbocycles. The van der Waals surface area contributed by atoms with Crippen molar-refractivity contribution in [2.45, 2.75) is 11.3 Å². The molecule has 3 amide bonds. The number of hydrogen-bond donors (Lipinski definition) is 3. The third kappa shape index (κ3) is 5.03. The van der Waals surface area contributed by atoms with Crippen LogP contribution in [-0.4, -0.2) is 38.4 Å². The van der Waals surface area contributed by atoms with Crippen LogP contribution < -0.4 is 20.3 Å². The topological polar surface area (TPSA) is 120 Å². The van der Waals surface area contributed by atoms with E-state index in [0.29, 0.717) is 29.6 Å². The van der Waals surface area contributed by atoms with Crippen molar-refractivity contribution in [3.05, 3.63) is 65.4 Å². The van der Waals surface area contributed by atoms with Gasteiger partial charge >= 0.3 is 6.03 Å². The van der Waals surface area contributed by atoms with Crippen LogP contribution in [0.25, 0.3) is 0 Å². The molecule has 2 aromatic carbocycles. The van der Waals surface area contributed by atoms with Gasteiger partial charge in [0.2, 0.25) is 5.91 Å². The maximum absolute atomic E-state index is 13.3. The third-order valence-corrected chi connectivity index (χ3v) is 6.80. The number of carbonyl (C=O) groups excluding carboxylic acids is 2. The Morgan fingerprint density at radius 1 is 1.19 bits per heavy atom. The fourth-order valence-corrected chi connectivity index (χ4v) is 4.91. The van der Waals surface area contributed by atoms with E-state index in [0.717, 1.165) is 6.07 Å². The molecule has 12 heteroatoms. The van der Waals surface area contributed by atoms with Crippen molar-refractivity contribution in [2.75, 3.05) is 28.0 Å². The molecule has 1 aliphatic heterocycles. The number of nitrogens with zero attached hydrogens (tertiary/aromatic N) is 2. The van der Waals surface area contributed by atoms with E-state index in [-0.39, 0.29) is 28.9 Å². The van der Waals surface area contributed by atoms with Crippen molar-refractivity contribution in [1.82, 2.24) is 10.3 Å². The summed E-state index contributed by atoms with van der Waals surface area (Å²) < 4.78 is 40.5. The molecule has 166 valence electrons. The van der Waals surface area contributed by atoms with Crippen LogP contribution in [0.3, 0.4) is 0 Å². The van der Waals surface area contributed by atoms with Crippen LogP contribution in [-0.2, 0) is 21.2 Å². The summed E-state index contributed by atoms with van der Waals surface area (Å²) in [4.78, 5) is 29.8. The Kier molecular flexibility index (Phi) is 6.06. The maximum Gasteiger partial charge on any atom is 0.323 e. The van der Waals surface area contributed by atoms with E-state index in [9.17, 15) is 22.4 Å². The summed E-state index contributed by atoms with van der Waals surface area (Å²) in [7, 11) is -3.91. The molecule has 0 bridgehead atoms. The largest absolute Gasteiger partial charge is 0.336 e. The number of amides is 3. The Bertz CT molecular complexity index is 1260. The van der Waals surface area contributed by atoms with Crippen molar-refractivity contribution in [3.63, 3.8) is 0 Å². The second-order valence-corrected chi connectivity index (χ2v) is 9.39. The molecule has 4 rings (SSSR count). The minimum absolute atomic E-state index is 0.00708. The van der Waals surface area contributed by atoms with Crippen LogP contribution in [0.4, 0.5) is 25.7 Å². The number of sulfonamides is 1. The van der Waals surface area contributed by atoms with E-state index >= 15 is 0 Å². The van der Waals surface area contributed by atoms with Crippen molar-refractivity contribution in [2.24, 2.45) is 0 Å². The number of benzene rings is 2. The monoisotopic (exact) mass is 475 g/mol. The number of carbonyl (C=O) groups is 2. The highest BCUT2D eigenvalue weighted by Crippen LogP contribution is 2.23. The highest BCUT2D eigenvalue weighted by Gasteiger charge is 2.24. The van der Waals surface area contributed by atoms with Gasteiger partial charge in [-0.2, -0.15) is 0 Å². The molecule has 3 N–H and O–H groups in total. The molecule has 9 nitrogen and oxygen atoms in total. The van der Waals surface area contributed by atoms with Gasteiger partial charge in [-0.1, -0.05) is 6.07 Å². The van der Waals surface area contributed by atoms with Crippen LogP contribution in [0.5, 0.6) is 0 Å². The lowest BCUT2D eigenvalue weighted by atomic mass is 10.3. The standard InChI is InChI=1S/C20H18FN5O4S2/c21-13-2-1-3-15(10-13)25-32(29,30)17-6-4-14(5-7-17)23-18(27)11-16-12-31-20(24-16)26-9-8-22-19(26)28/h1-7,10,12,25H,8-9,11H2,(H,22,28)(H,23,27). The van der Waals surface area contributed by atoms with Gasteiger partial charge in [0.1, 0.15) is 5.82 Å². The summed E-state index contributed by atoms with van der Waals surface area (Å²) in [6, 6.07) is 10.5. The Hall–Kier alpha value is -3.51. The molecule has 1 saturated heterocycles. The zero-order chi connectivity index (χ0) is 22.7. The van der Waals surface area contributed by atoms with Gasteiger partial charge in [-0.25, -0.2) is 22.6 Å². The number of hydrogen-bond acceptors (Lipinski definition) is 6. The second-order valence-electron chi connectivity index (χ2n) is 6.87. The Morgan fingerprint density at radius 2 is 1.97 bits per heavy atom. The summed E-state index contributed by atoms with van der Waals surface area (Å²) in [5, 5.41) is 7.62. The number of nitrogens with one attached hydrogen (secondary N) is 3. The van der Waals surface area contributed by atoms with Gasteiger partial charge in [0.15, 0.2) is 5.13 Å². The first kappa shape index (κ1) is 21.7. The van der Waals surface area contributed by atoms with Crippen LogP contribution in [0.2, 0.25) is 0 Å². The molecule has 1 aliphatic rings. The molecular weight excluding hydrogens is 457 g/mol. The van der Waals surface area contributed by atoms with Gasteiger partial charge in [-0.05, 0) is 42.5 Å². The Labute approximate surface area is 187 Å². The van der Waals surface area contributed by atoms with Gasteiger partial charge in [0.25, 0.3) is 10.0 Å². The predicted molar refractivity (Wildman–Crippen MR) is 119 cm³/mol. The first-order valence-corrected chi connectivity index (χ1v) is 11.8. The van der Waals surface area contributed by atoms with E-state index in [1.807, 2.05) is 0 Å². The summed E-state index contributed by atoms with van der Waals surface area (Å²) in [6.07, 6.45) is 0.00708. The summed E-state index contributed by atoms with van der Waals surface area (Å²) in [6.45, 7) is 1.08. The number of urea groups is 1. The molecule has 1 fully saturated rings. The van der Waals surface area contributed by atoms with Crippen LogP contribution in [0.15, 0.2) is 58.8 Å². The van der Waals surface area contributed by atoms with E-state index in [2.05, 4.69) is 20.3 Å². The molecule has 0 radical (unpaired) electrons. The van der Waals surface area contributed by atoms with E-state index in [4.69, 9.17) is 0 Å². The van der Waals surface area contributed by atoms with Gasteiger partial charge in [-0.3, -0.25) is 14.4 Å². The maximum atomic E-state index is 13.3. The Morgan fingerprint density at radius 3 is 2.66 bits per heavy atom. The number of aromatic nitrogens is 1. The smallest absolute Gasteiger partial charge is 0.323 e. The molecule has 0 aliphatic carbocycles. The average Bonchev–Trinajstić information content (AvgIpc) is 3.36. The van der Waals surface area contributed by atoms with Crippen molar-refractivity contribution in [3.8, 4) is 0 Å². The number of anilines is 3. The van der Waals surface area contributed by atoms with Crippen molar-refractivity contribution in [1.29, 1.82) is 0 Å².